The van der Waals surface area contributed by atoms with E-state index in [4.69, 9.17) is 4.74 Å². The first-order valence-corrected chi connectivity index (χ1v) is 5.59. The number of rotatable bonds is 5. The molecular formula is C13H23ClN2O. The molecule has 3 nitrogen and oxygen atoms in total. The summed E-state index contributed by atoms with van der Waals surface area (Å²) >= 11 is 0. The number of hydrogen-bond acceptors (Lipinski definition) is 2. The second-order valence-electron chi connectivity index (χ2n) is 5.25. The molecule has 0 bridgehead atoms. The number of quaternary nitrogens is 1. The average Bonchev–Trinajstić information content (AvgIpc) is 2.16. The molecule has 0 aromatic heterocycles. The number of hydrogen-bond donors (Lipinski definition) is 0. The van der Waals surface area contributed by atoms with Gasteiger partial charge >= 0.3 is 0 Å². The molecule has 1 aromatic rings. The van der Waals surface area contributed by atoms with Crippen LogP contribution in [0.15, 0.2) is 24.3 Å². The van der Waals surface area contributed by atoms with Crippen LogP contribution in [0.2, 0.25) is 0 Å². The summed E-state index contributed by atoms with van der Waals surface area (Å²) in [7, 11) is 10.6. The van der Waals surface area contributed by atoms with Crippen LogP contribution in [0, 0.1) is 0 Å². The van der Waals surface area contributed by atoms with Crippen LogP contribution >= 0.6 is 0 Å². The Morgan fingerprint density at radius 2 is 1.82 bits per heavy atom. The van der Waals surface area contributed by atoms with E-state index in [1.54, 1.807) is 0 Å². The van der Waals surface area contributed by atoms with Crippen molar-refractivity contribution < 1.29 is 21.6 Å². The third-order valence-electron chi connectivity index (χ3n) is 2.36. The quantitative estimate of drug-likeness (QED) is 0.618. The number of likely N-dealkylation sites (N-methyl/N-ethyl adjacent to an activating group) is 1. The number of ether oxygens (including phenoxy) is 1. The molecule has 0 aliphatic rings. The van der Waals surface area contributed by atoms with E-state index < -0.39 is 0 Å². The molecule has 0 atom stereocenters. The first kappa shape index (κ1) is 16.1. The Labute approximate surface area is 111 Å². The Hall–Kier alpha value is -0.930. The van der Waals surface area contributed by atoms with Crippen LogP contribution in [0.1, 0.15) is 0 Å². The zero-order valence-corrected chi connectivity index (χ0v) is 12.2. The van der Waals surface area contributed by atoms with Crippen LogP contribution in [-0.4, -0.2) is 52.9 Å². The van der Waals surface area contributed by atoms with Crippen molar-refractivity contribution in [1.82, 2.24) is 0 Å². The third-order valence-corrected chi connectivity index (χ3v) is 2.36. The lowest BCUT2D eigenvalue weighted by molar-refractivity contribution is -0.870. The van der Waals surface area contributed by atoms with Gasteiger partial charge in [0, 0.05) is 25.8 Å². The molecule has 0 unspecified atom stereocenters. The smallest absolute Gasteiger partial charge is 0.137 e. The highest BCUT2D eigenvalue weighted by Crippen LogP contribution is 2.19. The molecule has 0 amide bonds. The molecule has 17 heavy (non-hydrogen) atoms. The van der Waals surface area contributed by atoms with Gasteiger partial charge in [-0.1, -0.05) is 6.07 Å². The van der Waals surface area contributed by atoms with E-state index in [0.717, 1.165) is 23.4 Å². The van der Waals surface area contributed by atoms with Gasteiger partial charge in [0.1, 0.15) is 18.9 Å². The summed E-state index contributed by atoms with van der Waals surface area (Å²) in [5.41, 5.74) is 1.17. The molecule has 0 N–H and O–H groups in total. The lowest BCUT2D eigenvalue weighted by Gasteiger charge is -2.23. The van der Waals surface area contributed by atoms with Crippen molar-refractivity contribution in [3.8, 4) is 5.75 Å². The van der Waals surface area contributed by atoms with Crippen LogP contribution in [-0.2, 0) is 0 Å². The van der Waals surface area contributed by atoms with Gasteiger partial charge in [0.05, 0.1) is 21.1 Å². The summed E-state index contributed by atoms with van der Waals surface area (Å²) in [6.45, 7) is 1.76. The lowest BCUT2D eigenvalue weighted by Crippen LogP contribution is -3.00. The maximum Gasteiger partial charge on any atom is 0.137 e. The molecule has 98 valence electrons. The molecule has 0 aliphatic heterocycles. The van der Waals surface area contributed by atoms with Gasteiger partial charge in [0.2, 0.25) is 0 Å². The fraction of sp³-hybridized carbons (Fsp3) is 0.538. The zero-order chi connectivity index (χ0) is 12.2. The molecule has 0 saturated heterocycles. The van der Waals surface area contributed by atoms with E-state index in [1.165, 1.54) is 5.69 Å². The predicted octanol–water partition coefficient (Wildman–Crippen LogP) is -1.16. The molecule has 0 heterocycles. The Kier molecular flexibility index (Phi) is 6.35. The summed E-state index contributed by atoms with van der Waals surface area (Å²) in [4.78, 5) is 2.08. The second-order valence-corrected chi connectivity index (χ2v) is 5.25. The molecule has 1 aromatic carbocycles. The standard InChI is InChI=1S/C13H23N2O.ClH/c1-14(2)12-7-6-8-13(11-12)16-10-9-15(3,4)5;/h6-8,11H,9-10H2,1-5H3;1H/q+1;/p-1. The lowest BCUT2D eigenvalue weighted by atomic mass is 10.3. The van der Waals surface area contributed by atoms with Gasteiger partial charge in [0.15, 0.2) is 0 Å². The van der Waals surface area contributed by atoms with Gasteiger partial charge in [-0.3, -0.25) is 0 Å². The first-order chi connectivity index (χ1) is 7.38. The highest BCUT2D eigenvalue weighted by molar-refractivity contribution is 5.49. The summed E-state index contributed by atoms with van der Waals surface area (Å²) in [5.74, 6) is 0.944. The molecule has 0 spiro atoms. The summed E-state index contributed by atoms with van der Waals surface area (Å²) in [6, 6.07) is 8.17. The topological polar surface area (TPSA) is 12.5 Å². The van der Waals surface area contributed by atoms with E-state index in [-0.39, 0.29) is 12.4 Å². The zero-order valence-electron chi connectivity index (χ0n) is 11.4. The van der Waals surface area contributed by atoms with Gasteiger partial charge in [-0.2, -0.15) is 0 Å². The molecule has 1 rings (SSSR count). The van der Waals surface area contributed by atoms with Crippen LogP contribution < -0.4 is 22.0 Å². The first-order valence-electron chi connectivity index (χ1n) is 5.59. The van der Waals surface area contributed by atoms with Crippen molar-refractivity contribution >= 4 is 5.69 Å². The van der Waals surface area contributed by atoms with E-state index in [2.05, 4.69) is 38.2 Å². The van der Waals surface area contributed by atoms with Gasteiger partial charge in [-0.05, 0) is 12.1 Å². The SMILES string of the molecule is CN(C)c1cccc(OCC[N+](C)(C)C)c1.[Cl-]. The second kappa shape index (κ2) is 6.72. The van der Waals surface area contributed by atoms with Gasteiger partial charge < -0.3 is 26.5 Å². The normalized spacial score (nSPS) is 10.6. The highest BCUT2D eigenvalue weighted by atomic mass is 35.5. The average molecular weight is 259 g/mol. The molecule has 0 saturated carbocycles. The summed E-state index contributed by atoms with van der Waals surface area (Å²) in [6.07, 6.45) is 0. The molecule has 0 fully saturated rings. The van der Waals surface area contributed by atoms with E-state index in [1.807, 2.05) is 26.2 Å². The molecule has 4 heteroatoms. The molecule has 0 aliphatic carbocycles. The van der Waals surface area contributed by atoms with Gasteiger partial charge in [0.25, 0.3) is 0 Å². The fourth-order valence-corrected chi connectivity index (χ4v) is 1.29. The number of nitrogens with zero attached hydrogens (tertiary/aromatic N) is 2. The third kappa shape index (κ3) is 6.39. The number of halogens is 1. The minimum Gasteiger partial charge on any atom is -1.00 e. The monoisotopic (exact) mass is 258 g/mol. The van der Waals surface area contributed by atoms with E-state index >= 15 is 0 Å². The number of benzene rings is 1. The minimum absolute atomic E-state index is 0. The summed E-state index contributed by atoms with van der Waals surface area (Å²) < 4.78 is 6.65. The summed E-state index contributed by atoms with van der Waals surface area (Å²) in [5, 5.41) is 0. The molecular weight excluding hydrogens is 236 g/mol. The Morgan fingerprint density at radius 1 is 1.18 bits per heavy atom. The number of anilines is 1. The minimum atomic E-state index is 0. The van der Waals surface area contributed by atoms with E-state index in [0.29, 0.717) is 0 Å². The van der Waals surface area contributed by atoms with Gasteiger partial charge in [-0.25, -0.2) is 0 Å². The van der Waals surface area contributed by atoms with Crippen molar-refractivity contribution in [3.63, 3.8) is 0 Å². The van der Waals surface area contributed by atoms with Crippen molar-refractivity contribution in [1.29, 1.82) is 0 Å². The highest BCUT2D eigenvalue weighted by Gasteiger charge is 2.06. The van der Waals surface area contributed by atoms with Crippen molar-refractivity contribution in [2.45, 2.75) is 0 Å². The largest absolute Gasteiger partial charge is 1.00 e. The van der Waals surface area contributed by atoms with Gasteiger partial charge in [-0.15, -0.1) is 0 Å². The Bertz CT molecular complexity index is 334. The van der Waals surface area contributed by atoms with Crippen molar-refractivity contribution in [2.24, 2.45) is 0 Å². The van der Waals surface area contributed by atoms with Crippen LogP contribution in [0.4, 0.5) is 5.69 Å². The fourth-order valence-electron chi connectivity index (χ4n) is 1.29. The van der Waals surface area contributed by atoms with Crippen LogP contribution in [0.25, 0.3) is 0 Å². The van der Waals surface area contributed by atoms with Crippen LogP contribution in [0.3, 0.4) is 0 Å². The Morgan fingerprint density at radius 3 is 2.35 bits per heavy atom. The van der Waals surface area contributed by atoms with Crippen LogP contribution in [0.5, 0.6) is 5.75 Å². The molecule has 0 radical (unpaired) electrons. The maximum absolute atomic E-state index is 5.73. The Balaban J connectivity index is 0.00000256. The van der Waals surface area contributed by atoms with Crippen molar-refractivity contribution in [2.75, 3.05) is 53.3 Å². The van der Waals surface area contributed by atoms with Crippen molar-refractivity contribution in [3.05, 3.63) is 24.3 Å². The predicted molar refractivity (Wildman–Crippen MR) is 69.2 cm³/mol. The van der Waals surface area contributed by atoms with E-state index in [9.17, 15) is 0 Å². The maximum atomic E-state index is 5.73.